The molecule has 35 heavy (non-hydrogen) atoms. The number of fused-ring (bicyclic) bond motifs is 1. The van der Waals surface area contributed by atoms with E-state index in [0.29, 0.717) is 18.8 Å². The monoisotopic (exact) mass is 489 g/mol. The molecule has 182 valence electrons. The van der Waals surface area contributed by atoms with E-state index in [1.807, 2.05) is 67.3 Å². The van der Waals surface area contributed by atoms with E-state index in [4.69, 9.17) is 4.74 Å². The Morgan fingerprint density at radius 3 is 2.49 bits per heavy atom. The van der Waals surface area contributed by atoms with E-state index in [1.54, 1.807) is 17.4 Å². The van der Waals surface area contributed by atoms with Crippen molar-refractivity contribution in [3.05, 3.63) is 94.2 Å². The molecule has 2 aromatic carbocycles. The summed E-state index contributed by atoms with van der Waals surface area (Å²) >= 11 is 1.71. The Kier molecular flexibility index (Phi) is 7.87. The van der Waals surface area contributed by atoms with E-state index in [0.717, 1.165) is 28.9 Å². The molecule has 0 spiro atoms. The first-order valence-corrected chi connectivity index (χ1v) is 12.6. The lowest BCUT2D eigenvalue weighted by molar-refractivity contribution is -0.135. The first-order chi connectivity index (χ1) is 16.9. The summed E-state index contributed by atoms with van der Waals surface area (Å²) in [6.45, 7) is 8.97. The Balaban J connectivity index is 1.47. The molecule has 4 rings (SSSR count). The van der Waals surface area contributed by atoms with Crippen molar-refractivity contribution in [2.24, 2.45) is 0 Å². The molecule has 3 aromatic rings. The maximum atomic E-state index is 13.5. The van der Waals surface area contributed by atoms with Crippen LogP contribution >= 0.6 is 11.3 Å². The van der Waals surface area contributed by atoms with E-state index in [2.05, 4.69) is 23.3 Å². The van der Waals surface area contributed by atoms with Gasteiger partial charge in [0.15, 0.2) is 0 Å². The van der Waals surface area contributed by atoms with Gasteiger partial charge in [0.2, 0.25) is 5.91 Å². The molecule has 6 nitrogen and oxygen atoms in total. The lowest BCUT2D eigenvalue weighted by Crippen LogP contribution is -2.48. The van der Waals surface area contributed by atoms with Crippen LogP contribution in [0.25, 0.3) is 0 Å². The minimum absolute atomic E-state index is 0.0375. The topological polar surface area (TPSA) is 61.9 Å². The molecule has 0 saturated carbocycles. The largest absolute Gasteiger partial charge is 0.491 e. The third-order valence-electron chi connectivity index (χ3n) is 6.11. The summed E-state index contributed by atoms with van der Waals surface area (Å²) in [7, 11) is 0. The van der Waals surface area contributed by atoms with Crippen molar-refractivity contribution in [2.75, 3.05) is 31.6 Å². The number of hydrogen-bond acceptors (Lipinski definition) is 4. The second kappa shape index (κ2) is 11.2. The van der Waals surface area contributed by atoms with Crippen molar-refractivity contribution in [2.45, 2.75) is 26.3 Å². The molecular formula is C28H31N3O3S. The predicted octanol–water partition coefficient (Wildman–Crippen LogP) is 5.59. The number of aryl methyl sites for hydroxylation is 2. The lowest BCUT2D eigenvalue weighted by atomic mass is 10.0. The van der Waals surface area contributed by atoms with E-state index >= 15 is 0 Å². The molecule has 0 bridgehead atoms. The van der Waals surface area contributed by atoms with E-state index < -0.39 is 0 Å². The molecule has 3 amide bonds. The number of carbonyl (C=O) groups is 2. The molecule has 1 N–H and O–H groups in total. The standard InChI is InChI=1S/C28H31N3O3S/c1-4-15-30(28(33)29-22-9-5-20(2)6-10-22)18-27(32)31-16-13-26-24(14-17-35-26)25(31)19-34-23-11-7-21(3)8-12-23/h4-12,14,17,25H,1,13,15-16,18-19H2,2-3H3,(H,29,33)/t25-/m1/s1. The van der Waals surface area contributed by atoms with Crippen LogP contribution in [-0.4, -0.2) is 48.0 Å². The van der Waals surface area contributed by atoms with Gasteiger partial charge < -0.3 is 19.9 Å². The second-order valence-corrected chi connectivity index (χ2v) is 9.74. The molecule has 1 aliphatic heterocycles. The van der Waals surface area contributed by atoms with Gasteiger partial charge in [-0.2, -0.15) is 0 Å². The van der Waals surface area contributed by atoms with Crippen molar-refractivity contribution >= 4 is 29.0 Å². The minimum atomic E-state index is -0.331. The Hall–Kier alpha value is -3.58. The third-order valence-corrected chi connectivity index (χ3v) is 7.11. The van der Waals surface area contributed by atoms with Crippen LogP contribution in [0, 0.1) is 13.8 Å². The molecule has 1 aliphatic rings. The first-order valence-electron chi connectivity index (χ1n) is 11.7. The zero-order valence-corrected chi connectivity index (χ0v) is 21.0. The van der Waals surface area contributed by atoms with E-state index in [-0.39, 0.29) is 31.1 Å². The van der Waals surface area contributed by atoms with Gasteiger partial charge in [-0.1, -0.05) is 41.5 Å². The van der Waals surface area contributed by atoms with Crippen LogP contribution in [0.5, 0.6) is 5.75 Å². The van der Waals surface area contributed by atoms with Crippen LogP contribution in [0.2, 0.25) is 0 Å². The quantitative estimate of drug-likeness (QED) is 0.420. The van der Waals surface area contributed by atoms with Crippen LogP contribution in [0.4, 0.5) is 10.5 Å². The van der Waals surface area contributed by atoms with Crippen LogP contribution in [0.3, 0.4) is 0 Å². The fourth-order valence-electron chi connectivity index (χ4n) is 4.15. The fraction of sp³-hybridized carbons (Fsp3) is 0.286. The van der Waals surface area contributed by atoms with Gasteiger partial charge in [0.1, 0.15) is 18.9 Å². The lowest BCUT2D eigenvalue weighted by Gasteiger charge is -2.37. The number of nitrogens with zero attached hydrogens (tertiary/aromatic N) is 2. The molecule has 7 heteroatoms. The Bertz CT molecular complexity index is 1170. The maximum Gasteiger partial charge on any atom is 0.322 e. The van der Waals surface area contributed by atoms with Crippen molar-refractivity contribution in [1.82, 2.24) is 9.80 Å². The summed E-state index contributed by atoms with van der Waals surface area (Å²) in [5, 5.41) is 4.95. The number of hydrogen-bond donors (Lipinski definition) is 1. The molecule has 1 aromatic heterocycles. The average Bonchev–Trinajstić information content (AvgIpc) is 3.34. The van der Waals surface area contributed by atoms with Gasteiger partial charge in [0.05, 0.1) is 6.04 Å². The van der Waals surface area contributed by atoms with Crippen LogP contribution in [-0.2, 0) is 11.2 Å². The number of rotatable bonds is 8. The highest BCUT2D eigenvalue weighted by Gasteiger charge is 2.33. The van der Waals surface area contributed by atoms with Crippen LogP contribution in [0.1, 0.15) is 27.6 Å². The zero-order valence-electron chi connectivity index (χ0n) is 20.2. The van der Waals surface area contributed by atoms with Gasteiger partial charge in [-0.15, -0.1) is 17.9 Å². The summed E-state index contributed by atoms with van der Waals surface area (Å²) in [5.41, 5.74) is 4.09. The van der Waals surface area contributed by atoms with Gasteiger partial charge in [0, 0.05) is 23.7 Å². The number of urea groups is 1. The highest BCUT2D eigenvalue weighted by Crippen LogP contribution is 2.34. The number of benzene rings is 2. The molecule has 2 heterocycles. The molecular weight excluding hydrogens is 458 g/mol. The molecule has 0 fully saturated rings. The SMILES string of the molecule is C=CCN(CC(=O)N1CCc2sccc2[C@H]1COc1ccc(C)cc1)C(=O)Nc1ccc(C)cc1. The molecule has 0 unspecified atom stereocenters. The van der Waals surface area contributed by atoms with Gasteiger partial charge in [-0.3, -0.25) is 4.79 Å². The maximum absolute atomic E-state index is 13.5. The van der Waals surface area contributed by atoms with Crippen LogP contribution < -0.4 is 10.1 Å². The summed E-state index contributed by atoms with van der Waals surface area (Å²) in [6.07, 6.45) is 2.43. The fourth-order valence-corrected chi connectivity index (χ4v) is 5.08. The summed E-state index contributed by atoms with van der Waals surface area (Å²) in [6, 6.07) is 17.0. The Labute approximate surface area is 210 Å². The van der Waals surface area contributed by atoms with Crippen molar-refractivity contribution in [3.8, 4) is 5.75 Å². The average molecular weight is 490 g/mol. The molecule has 0 saturated heterocycles. The predicted molar refractivity (Wildman–Crippen MR) is 141 cm³/mol. The van der Waals surface area contributed by atoms with E-state index in [9.17, 15) is 9.59 Å². The Morgan fingerprint density at radius 2 is 1.80 bits per heavy atom. The number of carbonyl (C=O) groups excluding carboxylic acids is 2. The normalized spacial score (nSPS) is 14.7. The third kappa shape index (κ3) is 6.11. The second-order valence-electron chi connectivity index (χ2n) is 8.74. The van der Waals surface area contributed by atoms with Crippen molar-refractivity contribution < 1.29 is 14.3 Å². The number of nitrogens with one attached hydrogen (secondary N) is 1. The summed E-state index contributed by atoms with van der Waals surface area (Å²) < 4.78 is 6.10. The van der Waals surface area contributed by atoms with Gasteiger partial charge in [-0.25, -0.2) is 4.79 Å². The molecule has 0 radical (unpaired) electrons. The molecule has 0 aliphatic carbocycles. The van der Waals surface area contributed by atoms with E-state index in [1.165, 1.54) is 9.78 Å². The van der Waals surface area contributed by atoms with Crippen LogP contribution in [0.15, 0.2) is 72.6 Å². The van der Waals surface area contributed by atoms with Gasteiger partial charge in [0.25, 0.3) is 0 Å². The summed E-state index contributed by atoms with van der Waals surface area (Å²) in [4.78, 5) is 31.1. The minimum Gasteiger partial charge on any atom is -0.491 e. The van der Waals surface area contributed by atoms with Gasteiger partial charge >= 0.3 is 6.03 Å². The zero-order chi connectivity index (χ0) is 24.8. The Morgan fingerprint density at radius 1 is 1.11 bits per heavy atom. The number of ether oxygens (including phenoxy) is 1. The highest BCUT2D eigenvalue weighted by molar-refractivity contribution is 7.10. The number of amides is 3. The van der Waals surface area contributed by atoms with Gasteiger partial charge in [-0.05, 0) is 61.5 Å². The highest BCUT2D eigenvalue weighted by atomic mass is 32.1. The van der Waals surface area contributed by atoms with Crippen molar-refractivity contribution in [1.29, 1.82) is 0 Å². The summed E-state index contributed by atoms with van der Waals surface area (Å²) in [5.74, 6) is 0.663. The number of anilines is 1. The smallest absolute Gasteiger partial charge is 0.322 e. The first kappa shape index (κ1) is 24.5. The molecule has 1 atom stereocenters. The number of thiophene rings is 1. The van der Waals surface area contributed by atoms with Crippen molar-refractivity contribution in [3.63, 3.8) is 0 Å².